The van der Waals surface area contributed by atoms with Gasteiger partial charge < -0.3 is 10.1 Å². The summed E-state index contributed by atoms with van der Waals surface area (Å²) in [6.07, 6.45) is 0.824. The molecule has 5 heteroatoms. The zero-order chi connectivity index (χ0) is 14.8. The van der Waals surface area contributed by atoms with Crippen molar-refractivity contribution in [2.75, 3.05) is 13.7 Å². The molecule has 1 N–H and O–H groups in total. The van der Waals surface area contributed by atoms with Crippen LogP contribution in [-0.2, 0) is 4.74 Å². The van der Waals surface area contributed by atoms with Crippen LogP contribution in [0.2, 0.25) is 0 Å². The summed E-state index contributed by atoms with van der Waals surface area (Å²) in [6, 6.07) is 10.5. The van der Waals surface area contributed by atoms with Crippen LogP contribution in [0.1, 0.15) is 23.0 Å². The number of carbonyl (C=O) groups is 1. The Bertz CT molecular complexity index is 775. The van der Waals surface area contributed by atoms with Crippen LogP contribution in [0.5, 0.6) is 0 Å². The van der Waals surface area contributed by atoms with Gasteiger partial charge in [-0.3, -0.25) is 4.79 Å². The van der Waals surface area contributed by atoms with Gasteiger partial charge in [0, 0.05) is 34.5 Å². The number of ether oxygens (including phenoxy) is 1. The molecule has 0 aliphatic rings. The highest BCUT2D eigenvalue weighted by Gasteiger charge is 2.15. The van der Waals surface area contributed by atoms with E-state index in [1.807, 2.05) is 25.1 Å². The Hall–Kier alpha value is -1.43. The first-order chi connectivity index (χ1) is 10.2. The lowest BCUT2D eigenvalue weighted by atomic mass is 10.2. The maximum atomic E-state index is 12.3. The smallest absolute Gasteiger partial charge is 0.261 e. The molecule has 0 aliphatic carbocycles. The molecule has 0 fully saturated rings. The standard InChI is InChI=1S/C16H17NO2S2/c1-10(7-8-19-2)17-16(18)14-9-13-15(21-14)11-5-3-4-6-12(11)20-13/h3-6,9-10H,7-8H2,1-2H3,(H,17,18). The summed E-state index contributed by atoms with van der Waals surface area (Å²) in [4.78, 5) is 13.1. The van der Waals surface area contributed by atoms with Crippen molar-refractivity contribution in [3.8, 4) is 0 Å². The largest absolute Gasteiger partial charge is 0.385 e. The van der Waals surface area contributed by atoms with Crippen LogP contribution in [0, 0.1) is 0 Å². The Kier molecular flexibility index (Phi) is 4.24. The second-order valence-electron chi connectivity index (χ2n) is 5.06. The summed E-state index contributed by atoms with van der Waals surface area (Å²) in [5.41, 5.74) is 0. The van der Waals surface area contributed by atoms with Crippen LogP contribution in [0.25, 0.3) is 19.5 Å². The minimum absolute atomic E-state index is 0.0103. The summed E-state index contributed by atoms with van der Waals surface area (Å²) in [7, 11) is 1.67. The molecule has 1 amide bonds. The molecule has 2 aromatic heterocycles. The minimum atomic E-state index is 0.0103. The third-order valence-electron chi connectivity index (χ3n) is 3.41. The summed E-state index contributed by atoms with van der Waals surface area (Å²) in [5, 5.41) is 4.27. The van der Waals surface area contributed by atoms with E-state index in [9.17, 15) is 4.79 Å². The van der Waals surface area contributed by atoms with E-state index in [1.165, 1.54) is 19.5 Å². The highest BCUT2D eigenvalue weighted by atomic mass is 32.1. The first-order valence-corrected chi connectivity index (χ1v) is 8.53. The second kappa shape index (κ2) is 6.13. The molecule has 3 aromatic rings. The predicted molar refractivity (Wildman–Crippen MR) is 90.6 cm³/mol. The van der Waals surface area contributed by atoms with Gasteiger partial charge in [0.25, 0.3) is 5.91 Å². The van der Waals surface area contributed by atoms with Gasteiger partial charge in [-0.2, -0.15) is 0 Å². The number of methoxy groups -OCH3 is 1. The summed E-state index contributed by atoms with van der Waals surface area (Å²) in [5.74, 6) is 0.0103. The van der Waals surface area contributed by atoms with E-state index >= 15 is 0 Å². The van der Waals surface area contributed by atoms with E-state index in [0.717, 1.165) is 11.3 Å². The van der Waals surface area contributed by atoms with Gasteiger partial charge in [-0.1, -0.05) is 18.2 Å². The molecule has 0 radical (unpaired) electrons. The first kappa shape index (κ1) is 14.5. The van der Waals surface area contributed by atoms with Crippen molar-refractivity contribution in [1.29, 1.82) is 0 Å². The highest BCUT2D eigenvalue weighted by Crippen LogP contribution is 2.39. The molecular weight excluding hydrogens is 302 g/mol. The van der Waals surface area contributed by atoms with E-state index in [4.69, 9.17) is 4.74 Å². The molecule has 3 nitrogen and oxygen atoms in total. The molecule has 0 saturated carbocycles. The molecule has 1 atom stereocenters. The van der Waals surface area contributed by atoms with Gasteiger partial charge in [0.15, 0.2) is 0 Å². The number of fused-ring (bicyclic) bond motifs is 3. The fourth-order valence-electron chi connectivity index (χ4n) is 2.27. The van der Waals surface area contributed by atoms with E-state index in [-0.39, 0.29) is 11.9 Å². The summed E-state index contributed by atoms with van der Waals surface area (Å²) < 4.78 is 8.72. The van der Waals surface area contributed by atoms with Crippen molar-refractivity contribution in [3.05, 3.63) is 35.2 Å². The minimum Gasteiger partial charge on any atom is -0.385 e. The van der Waals surface area contributed by atoms with Gasteiger partial charge in [0.2, 0.25) is 0 Å². The molecule has 1 unspecified atom stereocenters. The maximum Gasteiger partial charge on any atom is 0.261 e. The number of nitrogens with one attached hydrogen (secondary N) is 1. The van der Waals surface area contributed by atoms with E-state index in [2.05, 4.69) is 17.4 Å². The van der Waals surface area contributed by atoms with Gasteiger partial charge in [-0.15, -0.1) is 22.7 Å². The lowest BCUT2D eigenvalue weighted by Crippen LogP contribution is -2.32. The number of hydrogen-bond acceptors (Lipinski definition) is 4. The third kappa shape index (κ3) is 2.95. The Morgan fingerprint density at radius 2 is 2.10 bits per heavy atom. The summed E-state index contributed by atoms with van der Waals surface area (Å²) >= 11 is 3.32. The number of thiophene rings is 2. The number of carbonyl (C=O) groups excluding carboxylic acids is 1. The Morgan fingerprint density at radius 1 is 1.29 bits per heavy atom. The normalized spacial score (nSPS) is 12.9. The zero-order valence-corrected chi connectivity index (χ0v) is 13.6. The van der Waals surface area contributed by atoms with E-state index in [0.29, 0.717) is 6.61 Å². The molecular formula is C16H17NO2S2. The Morgan fingerprint density at radius 3 is 2.90 bits per heavy atom. The lowest BCUT2D eigenvalue weighted by Gasteiger charge is -2.12. The van der Waals surface area contributed by atoms with Crippen LogP contribution in [0.15, 0.2) is 30.3 Å². The molecule has 0 aliphatic heterocycles. The summed E-state index contributed by atoms with van der Waals surface area (Å²) in [6.45, 7) is 2.66. The molecule has 0 bridgehead atoms. The molecule has 2 heterocycles. The molecule has 110 valence electrons. The fourth-order valence-corrected chi connectivity index (χ4v) is 4.70. The molecule has 0 spiro atoms. The van der Waals surface area contributed by atoms with Crippen LogP contribution in [0.4, 0.5) is 0 Å². The molecule has 3 rings (SSSR count). The SMILES string of the molecule is COCCC(C)NC(=O)c1cc2sc3ccccc3c2s1. The number of rotatable bonds is 5. The van der Waals surface area contributed by atoms with E-state index in [1.54, 1.807) is 29.8 Å². The highest BCUT2D eigenvalue weighted by molar-refractivity contribution is 7.33. The van der Waals surface area contributed by atoms with Crippen LogP contribution >= 0.6 is 22.7 Å². The van der Waals surface area contributed by atoms with Gasteiger partial charge in [0.1, 0.15) is 0 Å². The fraction of sp³-hybridized carbons (Fsp3) is 0.312. The Balaban J connectivity index is 1.82. The van der Waals surface area contributed by atoms with Crippen molar-refractivity contribution in [1.82, 2.24) is 5.32 Å². The van der Waals surface area contributed by atoms with Gasteiger partial charge in [0.05, 0.1) is 9.58 Å². The van der Waals surface area contributed by atoms with Gasteiger partial charge in [-0.25, -0.2) is 0 Å². The van der Waals surface area contributed by atoms with Crippen molar-refractivity contribution in [2.24, 2.45) is 0 Å². The number of benzene rings is 1. The number of amides is 1. The lowest BCUT2D eigenvalue weighted by molar-refractivity contribution is 0.0934. The van der Waals surface area contributed by atoms with Crippen molar-refractivity contribution < 1.29 is 9.53 Å². The van der Waals surface area contributed by atoms with Gasteiger partial charge in [-0.05, 0) is 25.5 Å². The van der Waals surface area contributed by atoms with Gasteiger partial charge >= 0.3 is 0 Å². The van der Waals surface area contributed by atoms with Crippen LogP contribution in [0.3, 0.4) is 0 Å². The molecule has 0 saturated heterocycles. The van der Waals surface area contributed by atoms with Crippen molar-refractivity contribution in [2.45, 2.75) is 19.4 Å². The average molecular weight is 319 g/mol. The first-order valence-electron chi connectivity index (χ1n) is 6.90. The van der Waals surface area contributed by atoms with Crippen molar-refractivity contribution >= 4 is 48.1 Å². The molecule has 1 aromatic carbocycles. The van der Waals surface area contributed by atoms with Crippen LogP contribution in [-0.4, -0.2) is 25.7 Å². The van der Waals surface area contributed by atoms with Crippen molar-refractivity contribution in [3.63, 3.8) is 0 Å². The Labute approximate surface area is 131 Å². The predicted octanol–water partition coefficient (Wildman–Crippen LogP) is 4.27. The monoisotopic (exact) mass is 319 g/mol. The zero-order valence-electron chi connectivity index (χ0n) is 12.0. The maximum absolute atomic E-state index is 12.3. The average Bonchev–Trinajstić information content (AvgIpc) is 3.02. The van der Waals surface area contributed by atoms with E-state index < -0.39 is 0 Å². The third-order valence-corrected chi connectivity index (χ3v) is 5.82. The van der Waals surface area contributed by atoms with Crippen LogP contribution < -0.4 is 5.32 Å². The quantitative estimate of drug-likeness (QED) is 0.762. The topological polar surface area (TPSA) is 38.3 Å². The molecule has 21 heavy (non-hydrogen) atoms. The number of hydrogen-bond donors (Lipinski definition) is 1. The second-order valence-corrected chi connectivity index (χ2v) is 7.19.